The Labute approximate surface area is 66.3 Å². The van der Waals surface area contributed by atoms with Gasteiger partial charge in [0.25, 0.3) is 0 Å². The molecular weight excluding hydrogens is 187 g/mol. The highest BCUT2D eigenvalue weighted by atomic mass is 35.5. The quantitative estimate of drug-likeness (QED) is 0.496. The number of hydrogen-bond acceptors (Lipinski definition) is 1. The fourth-order valence-electron chi connectivity index (χ4n) is 0.307. The second-order valence-corrected chi connectivity index (χ2v) is 2.68. The standard InChI is InChI=1S/C5H7ClF4O/c1-3(6)11-5(9,10)4(2,7)8/h3H,1-2H3. The van der Waals surface area contributed by atoms with Crippen molar-refractivity contribution in [1.82, 2.24) is 0 Å². The van der Waals surface area contributed by atoms with Crippen LogP contribution >= 0.6 is 11.6 Å². The predicted molar refractivity (Wildman–Crippen MR) is 32.0 cm³/mol. The van der Waals surface area contributed by atoms with Gasteiger partial charge in [0.15, 0.2) is 0 Å². The molecule has 0 aliphatic rings. The second-order valence-electron chi connectivity index (χ2n) is 2.07. The van der Waals surface area contributed by atoms with Gasteiger partial charge < -0.3 is 0 Å². The Balaban J connectivity index is 4.22. The highest BCUT2D eigenvalue weighted by Crippen LogP contribution is 2.35. The van der Waals surface area contributed by atoms with Crippen LogP contribution in [0, 0.1) is 0 Å². The van der Waals surface area contributed by atoms with Crippen LogP contribution in [0.25, 0.3) is 0 Å². The van der Waals surface area contributed by atoms with Gasteiger partial charge in [-0.2, -0.15) is 17.6 Å². The fraction of sp³-hybridized carbons (Fsp3) is 1.00. The van der Waals surface area contributed by atoms with Gasteiger partial charge in [-0.3, -0.25) is 4.74 Å². The summed E-state index contributed by atoms with van der Waals surface area (Å²) in [6, 6.07) is 0. The summed E-state index contributed by atoms with van der Waals surface area (Å²) in [5.41, 5.74) is -1.45. The molecule has 0 aliphatic carbocycles. The summed E-state index contributed by atoms with van der Waals surface area (Å²) in [7, 11) is 0. The molecule has 68 valence electrons. The molecule has 6 heteroatoms. The molecule has 0 amide bonds. The van der Waals surface area contributed by atoms with E-state index in [1.807, 2.05) is 0 Å². The SMILES string of the molecule is CC(Cl)OC(F)(F)C(C)(F)F. The molecule has 0 aliphatic heterocycles. The van der Waals surface area contributed by atoms with Gasteiger partial charge in [-0.25, -0.2) is 0 Å². The first-order chi connectivity index (χ1) is 4.67. The van der Waals surface area contributed by atoms with E-state index >= 15 is 0 Å². The summed E-state index contributed by atoms with van der Waals surface area (Å²) in [5.74, 6) is -4.21. The van der Waals surface area contributed by atoms with E-state index in [9.17, 15) is 17.6 Å². The van der Waals surface area contributed by atoms with Gasteiger partial charge in [0, 0.05) is 6.92 Å². The van der Waals surface area contributed by atoms with E-state index < -0.39 is 17.6 Å². The van der Waals surface area contributed by atoms with Gasteiger partial charge in [0.05, 0.1) is 0 Å². The lowest BCUT2D eigenvalue weighted by molar-refractivity contribution is -0.345. The minimum Gasteiger partial charge on any atom is -0.296 e. The average Bonchev–Trinajstić information content (AvgIpc) is 1.56. The van der Waals surface area contributed by atoms with Crippen molar-refractivity contribution in [2.45, 2.75) is 31.4 Å². The molecule has 1 nitrogen and oxygen atoms in total. The zero-order valence-electron chi connectivity index (χ0n) is 5.88. The number of alkyl halides is 5. The molecule has 0 radical (unpaired) electrons. The van der Waals surface area contributed by atoms with E-state index in [-0.39, 0.29) is 6.92 Å². The van der Waals surface area contributed by atoms with Crippen LogP contribution in [-0.2, 0) is 4.74 Å². The largest absolute Gasteiger partial charge is 0.420 e. The van der Waals surface area contributed by atoms with Gasteiger partial charge >= 0.3 is 12.0 Å². The van der Waals surface area contributed by atoms with Crippen LogP contribution in [0.15, 0.2) is 0 Å². The molecule has 1 atom stereocenters. The van der Waals surface area contributed by atoms with Gasteiger partial charge in [-0.15, -0.1) is 0 Å². The Morgan fingerprint density at radius 3 is 1.73 bits per heavy atom. The molecule has 11 heavy (non-hydrogen) atoms. The summed E-state index contributed by atoms with van der Waals surface area (Å²) in [5, 5.41) is 0. The first kappa shape index (κ1) is 11.0. The Bertz CT molecular complexity index is 131. The maximum atomic E-state index is 12.1. The van der Waals surface area contributed by atoms with Crippen LogP contribution in [0.1, 0.15) is 13.8 Å². The van der Waals surface area contributed by atoms with E-state index in [0.29, 0.717) is 0 Å². The Morgan fingerprint density at radius 2 is 1.64 bits per heavy atom. The van der Waals surface area contributed by atoms with Crippen LogP contribution in [0.3, 0.4) is 0 Å². The van der Waals surface area contributed by atoms with E-state index in [0.717, 1.165) is 6.92 Å². The maximum Gasteiger partial charge on any atom is 0.420 e. The van der Waals surface area contributed by atoms with Crippen molar-refractivity contribution < 1.29 is 22.3 Å². The molecule has 0 heterocycles. The van der Waals surface area contributed by atoms with Crippen molar-refractivity contribution in [2.75, 3.05) is 0 Å². The van der Waals surface area contributed by atoms with Gasteiger partial charge in [0.2, 0.25) is 0 Å². The van der Waals surface area contributed by atoms with Crippen molar-refractivity contribution in [3.05, 3.63) is 0 Å². The summed E-state index contributed by atoms with van der Waals surface area (Å²) in [4.78, 5) is 0. The number of halogens is 5. The molecule has 0 bridgehead atoms. The first-order valence-corrected chi connectivity index (χ1v) is 3.18. The number of rotatable bonds is 3. The highest BCUT2D eigenvalue weighted by Gasteiger charge is 2.54. The molecule has 0 aromatic heterocycles. The average molecular weight is 195 g/mol. The van der Waals surface area contributed by atoms with Crippen molar-refractivity contribution in [3.8, 4) is 0 Å². The third-order valence-electron chi connectivity index (χ3n) is 0.821. The smallest absolute Gasteiger partial charge is 0.296 e. The monoisotopic (exact) mass is 194 g/mol. The Hall–Kier alpha value is -0.0300. The van der Waals surface area contributed by atoms with Crippen LogP contribution in [0.2, 0.25) is 0 Å². The summed E-state index contributed by atoms with van der Waals surface area (Å²) < 4.78 is 51.6. The van der Waals surface area contributed by atoms with Crippen LogP contribution < -0.4 is 0 Å². The summed E-state index contributed by atoms with van der Waals surface area (Å²) in [6.07, 6.45) is -4.51. The molecule has 0 rings (SSSR count). The first-order valence-electron chi connectivity index (χ1n) is 2.74. The molecule has 0 N–H and O–H groups in total. The molecule has 0 spiro atoms. The van der Waals surface area contributed by atoms with Crippen LogP contribution in [0.5, 0.6) is 0 Å². The lowest BCUT2D eigenvalue weighted by Gasteiger charge is -2.23. The van der Waals surface area contributed by atoms with E-state index in [2.05, 4.69) is 4.74 Å². The van der Waals surface area contributed by atoms with Crippen molar-refractivity contribution in [3.63, 3.8) is 0 Å². The molecule has 1 unspecified atom stereocenters. The summed E-state index contributed by atoms with van der Waals surface area (Å²) in [6.45, 7) is 1.09. The third-order valence-corrected chi connectivity index (χ3v) is 0.911. The molecule has 0 aromatic carbocycles. The normalized spacial score (nSPS) is 16.6. The maximum absolute atomic E-state index is 12.1. The Morgan fingerprint density at radius 1 is 1.27 bits per heavy atom. The second kappa shape index (κ2) is 3.15. The topological polar surface area (TPSA) is 9.23 Å². The predicted octanol–water partition coefficient (Wildman–Crippen LogP) is 2.84. The van der Waals surface area contributed by atoms with E-state index in [4.69, 9.17) is 11.6 Å². The molecule has 0 saturated heterocycles. The fourth-order valence-corrected chi connectivity index (χ4v) is 0.419. The minimum absolute atomic E-state index is 0.0618. The third kappa shape index (κ3) is 3.25. The zero-order chi connectivity index (χ0) is 9.28. The molecule has 0 saturated carbocycles. The number of ether oxygens (including phenoxy) is 1. The van der Waals surface area contributed by atoms with E-state index in [1.54, 1.807) is 0 Å². The molecule has 0 fully saturated rings. The minimum atomic E-state index is -4.51. The van der Waals surface area contributed by atoms with Crippen LogP contribution in [-0.4, -0.2) is 17.6 Å². The molecular formula is C5H7ClF4O. The van der Waals surface area contributed by atoms with Gasteiger partial charge in [-0.1, -0.05) is 11.6 Å². The van der Waals surface area contributed by atoms with Crippen molar-refractivity contribution >= 4 is 11.6 Å². The van der Waals surface area contributed by atoms with Gasteiger partial charge in [0.1, 0.15) is 5.56 Å². The lowest BCUT2D eigenvalue weighted by Crippen LogP contribution is -2.41. The lowest BCUT2D eigenvalue weighted by atomic mass is 10.4. The molecule has 0 aromatic rings. The van der Waals surface area contributed by atoms with Crippen molar-refractivity contribution in [2.24, 2.45) is 0 Å². The highest BCUT2D eigenvalue weighted by molar-refractivity contribution is 6.19. The van der Waals surface area contributed by atoms with Gasteiger partial charge in [-0.05, 0) is 6.92 Å². The van der Waals surface area contributed by atoms with E-state index in [1.165, 1.54) is 0 Å². The zero-order valence-corrected chi connectivity index (χ0v) is 6.63. The van der Waals surface area contributed by atoms with Crippen molar-refractivity contribution in [1.29, 1.82) is 0 Å². The number of hydrogen-bond donors (Lipinski definition) is 0. The Kier molecular flexibility index (Phi) is 3.14. The van der Waals surface area contributed by atoms with Crippen LogP contribution in [0.4, 0.5) is 17.6 Å². The summed E-state index contributed by atoms with van der Waals surface area (Å²) >= 11 is 4.93.